The third-order valence-corrected chi connectivity index (χ3v) is 2.90. The molecule has 0 radical (unpaired) electrons. The van der Waals surface area contributed by atoms with Crippen molar-refractivity contribution in [2.45, 2.75) is 19.9 Å². The van der Waals surface area contributed by atoms with Gasteiger partial charge in [-0.25, -0.2) is 0 Å². The summed E-state index contributed by atoms with van der Waals surface area (Å²) in [4.78, 5) is 12.0. The highest BCUT2D eigenvalue weighted by atomic mass is 16.1. The van der Waals surface area contributed by atoms with Crippen molar-refractivity contribution in [3.63, 3.8) is 0 Å². The van der Waals surface area contributed by atoms with E-state index in [1.54, 1.807) is 10.9 Å². The molecule has 0 aliphatic rings. The van der Waals surface area contributed by atoms with E-state index in [1.165, 1.54) is 0 Å². The van der Waals surface area contributed by atoms with Crippen molar-refractivity contribution >= 4 is 11.6 Å². The first-order chi connectivity index (χ1) is 10.2. The number of rotatable bonds is 4. The van der Waals surface area contributed by atoms with Crippen LogP contribution >= 0.6 is 0 Å². The van der Waals surface area contributed by atoms with Crippen LogP contribution in [0.5, 0.6) is 0 Å². The van der Waals surface area contributed by atoms with Gasteiger partial charge in [0.25, 0.3) is 0 Å². The molecule has 1 amide bonds. The van der Waals surface area contributed by atoms with Gasteiger partial charge in [0, 0.05) is 30.9 Å². The van der Waals surface area contributed by atoms with Crippen LogP contribution in [0.15, 0.2) is 36.7 Å². The molecule has 0 aliphatic heterocycles. The molecule has 0 spiro atoms. The van der Waals surface area contributed by atoms with Crippen LogP contribution < -0.4 is 11.1 Å². The minimum Gasteiger partial charge on any atom is -0.325 e. The van der Waals surface area contributed by atoms with Gasteiger partial charge in [0.2, 0.25) is 5.91 Å². The van der Waals surface area contributed by atoms with Gasteiger partial charge in [-0.05, 0) is 30.7 Å². The molecule has 0 aliphatic carbocycles. The second kappa shape index (κ2) is 7.27. The molecule has 0 fully saturated rings. The van der Waals surface area contributed by atoms with E-state index in [9.17, 15) is 4.79 Å². The van der Waals surface area contributed by atoms with Crippen molar-refractivity contribution in [1.82, 2.24) is 9.78 Å². The predicted octanol–water partition coefficient (Wildman–Crippen LogP) is 1.53. The first kappa shape index (κ1) is 14.8. The lowest BCUT2D eigenvalue weighted by Crippen LogP contribution is -2.15. The predicted molar refractivity (Wildman–Crippen MR) is 82.6 cm³/mol. The van der Waals surface area contributed by atoms with Crippen molar-refractivity contribution in [3.8, 4) is 11.8 Å². The van der Waals surface area contributed by atoms with Gasteiger partial charge in [0.1, 0.15) is 0 Å². The first-order valence-corrected chi connectivity index (χ1v) is 6.76. The van der Waals surface area contributed by atoms with Gasteiger partial charge in [0.05, 0.1) is 12.2 Å². The number of aryl methyl sites for hydroxylation is 2. The molecule has 2 aromatic rings. The van der Waals surface area contributed by atoms with Crippen LogP contribution in [0.2, 0.25) is 0 Å². The lowest BCUT2D eigenvalue weighted by molar-refractivity contribution is -0.116. The lowest BCUT2D eigenvalue weighted by atomic mass is 10.1. The summed E-state index contributed by atoms with van der Waals surface area (Å²) < 4.78 is 1.73. The maximum atomic E-state index is 12.0. The molecule has 1 heterocycles. The Hall–Kier alpha value is -2.58. The van der Waals surface area contributed by atoms with Crippen LogP contribution in [0.3, 0.4) is 0 Å². The van der Waals surface area contributed by atoms with Gasteiger partial charge < -0.3 is 11.1 Å². The van der Waals surface area contributed by atoms with Crippen LogP contribution in [0.1, 0.15) is 17.5 Å². The highest BCUT2D eigenvalue weighted by molar-refractivity contribution is 5.92. The standard InChI is InChI=1S/C16H18N4O/c1-13-5-6-15(14(12-13)4-2-8-17)19-16(21)7-11-20-10-3-9-18-20/h3,5-6,9-10,12H,7-8,11,17H2,1H3,(H,19,21). The van der Waals surface area contributed by atoms with E-state index in [4.69, 9.17) is 5.73 Å². The van der Waals surface area contributed by atoms with Gasteiger partial charge in [-0.3, -0.25) is 9.48 Å². The van der Waals surface area contributed by atoms with Crippen LogP contribution in [0.4, 0.5) is 5.69 Å². The zero-order chi connectivity index (χ0) is 15.1. The quantitative estimate of drug-likeness (QED) is 0.835. The van der Waals surface area contributed by atoms with Crippen LogP contribution in [-0.2, 0) is 11.3 Å². The van der Waals surface area contributed by atoms with Crippen molar-refractivity contribution in [1.29, 1.82) is 0 Å². The van der Waals surface area contributed by atoms with Crippen LogP contribution in [-0.4, -0.2) is 22.2 Å². The molecular formula is C16H18N4O. The van der Waals surface area contributed by atoms with Crippen molar-refractivity contribution in [2.75, 3.05) is 11.9 Å². The molecule has 21 heavy (non-hydrogen) atoms. The Labute approximate surface area is 124 Å². The van der Waals surface area contributed by atoms with E-state index in [0.717, 1.165) is 11.1 Å². The van der Waals surface area contributed by atoms with Gasteiger partial charge in [-0.2, -0.15) is 5.10 Å². The number of carbonyl (C=O) groups is 1. The molecule has 5 heteroatoms. The number of benzene rings is 1. The zero-order valence-electron chi connectivity index (χ0n) is 12.0. The number of aromatic nitrogens is 2. The minimum atomic E-state index is -0.0647. The molecule has 0 saturated heterocycles. The average molecular weight is 282 g/mol. The maximum Gasteiger partial charge on any atom is 0.226 e. The summed E-state index contributed by atoms with van der Waals surface area (Å²) in [7, 11) is 0. The molecule has 0 bridgehead atoms. The number of carbonyl (C=O) groups excluding carboxylic acids is 1. The largest absolute Gasteiger partial charge is 0.325 e. The van der Waals surface area contributed by atoms with Crippen LogP contribution in [0, 0.1) is 18.8 Å². The fourth-order valence-corrected chi connectivity index (χ4v) is 1.88. The van der Waals surface area contributed by atoms with Gasteiger partial charge in [-0.15, -0.1) is 0 Å². The Morgan fingerprint density at radius 1 is 1.48 bits per heavy atom. The van der Waals surface area contributed by atoms with E-state index >= 15 is 0 Å². The van der Waals surface area contributed by atoms with Gasteiger partial charge >= 0.3 is 0 Å². The monoisotopic (exact) mass is 282 g/mol. The fourth-order valence-electron chi connectivity index (χ4n) is 1.88. The average Bonchev–Trinajstić information content (AvgIpc) is 2.98. The summed E-state index contributed by atoms with van der Waals surface area (Å²) in [5, 5.41) is 6.95. The number of amides is 1. The summed E-state index contributed by atoms with van der Waals surface area (Å²) in [6, 6.07) is 7.57. The Morgan fingerprint density at radius 3 is 3.05 bits per heavy atom. The Morgan fingerprint density at radius 2 is 2.33 bits per heavy atom. The molecule has 0 atom stereocenters. The number of nitrogens with two attached hydrogens (primary N) is 1. The number of hydrogen-bond acceptors (Lipinski definition) is 3. The van der Waals surface area contributed by atoms with E-state index < -0.39 is 0 Å². The second-order valence-electron chi connectivity index (χ2n) is 4.62. The second-order valence-corrected chi connectivity index (χ2v) is 4.62. The first-order valence-electron chi connectivity index (χ1n) is 6.76. The molecule has 5 nitrogen and oxygen atoms in total. The number of nitrogens with zero attached hydrogens (tertiary/aromatic N) is 2. The van der Waals surface area contributed by atoms with Gasteiger partial charge in [0.15, 0.2) is 0 Å². The van der Waals surface area contributed by atoms with E-state index in [-0.39, 0.29) is 5.91 Å². The molecule has 3 N–H and O–H groups in total. The zero-order valence-corrected chi connectivity index (χ0v) is 12.0. The highest BCUT2D eigenvalue weighted by Gasteiger charge is 2.06. The fraction of sp³-hybridized carbons (Fsp3) is 0.250. The number of nitrogens with one attached hydrogen (secondary N) is 1. The smallest absolute Gasteiger partial charge is 0.226 e. The third kappa shape index (κ3) is 4.48. The van der Waals surface area contributed by atoms with E-state index in [1.807, 2.05) is 37.4 Å². The highest BCUT2D eigenvalue weighted by Crippen LogP contribution is 2.16. The molecule has 2 rings (SSSR count). The summed E-state index contributed by atoms with van der Waals surface area (Å²) in [5.74, 6) is 5.73. The summed E-state index contributed by atoms with van der Waals surface area (Å²) in [6.45, 7) is 2.83. The summed E-state index contributed by atoms with van der Waals surface area (Å²) >= 11 is 0. The SMILES string of the molecule is Cc1ccc(NC(=O)CCn2cccn2)c(C#CCN)c1. The van der Waals surface area contributed by atoms with E-state index in [0.29, 0.717) is 25.2 Å². The minimum absolute atomic E-state index is 0.0647. The lowest BCUT2D eigenvalue weighted by Gasteiger charge is -2.08. The number of hydrogen-bond donors (Lipinski definition) is 2. The summed E-state index contributed by atoms with van der Waals surface area (Å²) in [5.41, 5.74) is 7.99. The van der Waals surface area contributed by atoms with Crippen LogP contribution in [0.25, 0.3) is 0 Å². The van der Waals surface area contributed by atoms with Crippen molar-refractivity contribution in [2.24, 2.45) is 5.73 Å². The summed E-state index contributed by atoms with van der Waals surface area (Å²) in [6.07, 6.45) is 3.88. The topological polar surface area (TPSA) is 72.9 Å². The molecule has 0 saturated carbocycles. The number of anilines is 1. The molecule has 1 aromatic heterocycles. The Bertz CT molecular complexity index is 665. The van der Waals surface area contributed by atoms with E-state index in [2.05, 4.69) is 22.3 Å². The Kier molecular flexibility index (Phi) is 5.13. The molecule has 0 unspecified atom stereocenters. The third-order valence-electron chi connectivity index (χ3n) is 2.90. The van der Waals surface area contributed by atoms with Crippen molar-refractivity contribution < 1.29 is 4.79 Å². The van der Waals surface area contributed by atoms with Crippen molar-refractivity contribution in [3.05, 3.63) is 47.8 Å². The maximum absolute atomic E-state index is 12.0. The normalized spacial score (nSPS) is 9.81. The molecular weight excluding hydrogens is 264 g/mol. The van der Waals surface area contributed by atoms with Gasteiger partial charge in [-0.1, -0.05) is 17.9 Å². The Balaban J connectivity index is 2.02. The molecule has 108 valence electrons. The molecule has 1 aromatic carbocycles.